The Morgan fingerprint density at radius 2 is 2.15 bits per heavy atom. The fourth-order valence-corrected chi connectivity index (χ4v) is 4.87. The fourth-order valence-electron chi connectivity index (χ4n) is 2.89. The zero-order valence-electron chi connectivity index (χ0n) is 15.5. The van der Waals surface area contributed by atoms with Gasteiger partial charge < -0.3 is 10.1 Å². The summed E-state index contributed by atoms with van der Waals surface area (Å²) in [5.41, 5.74) is 0.525. The molecule has 1 fully saturated rings. The predicted octanol–water partition coefficient (Wildman–Crippen LogP) is 3.52. The van der Waals surface area contributed by atoms with Crippen LogP contribution in [-0.4, -0.2) is 43.6 Å². The van der Waals surface area contributed by atoms with Crippen LogP contribution in [-0.2, 0) is 14.8 Å². The number of amides is 1. The molecule has 1 aliphatic rings. The van der Waals surface area contributed by atoms with Crippen molar-refractivity contribution in [3.63, 3.8) is 0 Å². The van der Waals surface area contributed by atoms with E-state index in [1.54, 1.807) is 18.2 Å². The third kappa shape index (κ3) is 5.34. The van der Waals surface area contributed by atoms with E-state index in [1.807, 2.05) is 20.8 Å². The highest BCUT2D eigenvalue weighted by Crippen LogP contribution is 2.29. The van der Waals surface area contributed by atoms with Crippen LogP contribution in [0.25, 0.3) is 0 Å². The van der Waals surface area contributed by atoms with Crippen molar-refractivity contribution in [2.75, 3.05) is 24.2 Å². The highest BCUT2D eigenvalue weighted by atomic mass is 35.5. The lowest BCUT2D eigenvalue weighted by Crippen LogP contribution is -2.44. The molecule has 1 aromatic rings. The molecule has 0 bridgehead atoms. The normalized spacial score (nSPS) is 18.3. The van der Waals surface area contributed by atoms with E-state index < -0.39 is 16.1 Å². The fraction of sp³-hybridized carbons (Fsp3) is 0.611. The molecule has 1 heterocycles. The minimum atomic E-state index is -3.40. The van der Waals surface area contributed by atoms with Crippen molar-refractivity contribution in [2.45, 2.75) is 46.1 Å². The van der Waals surface area contributed by atoms with Gasteiger partial charge in [-0.1, -0.05) is 32.4 Å². The largest absolute Gasteiger partial charge is 0.492 e. The maximum Gasteiger partial charge on any atom is 0.242 e. The van der Waals surface area contributed by atoms with Gasteiger partial charge in [0.25, 0.3) is 0 Å². The Bertz CT molecular complexity index is 737. The van der Waals surface area contributed by atoms with Crippen LogP contribution in [0.4, 0.5) is 5.69 Å². The molecule has 1 atom stereocenters. The Morgan fingerprint density at radius 1 is 1.42 bits per heavy atom. The molecule has 0 saturated carbocycles. The number of hydrogen-bond donors (Lipinski definition) is 1. The summed E-state index contributed by atoms with van der Waals surface area (Å²) >= 11 is 6.22. The van der Waals surface area contributed by atoms with Gasteiger partial charge in [0.2, 0.25) is 15.9 Å². The van der Waals surface area contributed by atoms with Crippen LogP contribution in [0.5, 0.6) is 5.75 Å². The molecule has 1 aliphatic heterocycles. The number of carbonyl (C=O) groups is 1. The number of rotatable bonds is 8. The molecular formula is C18H27ClN2O4S. The van der Waals surface area contributed by atoms with E-state index in [4.69, 9.17) is 16.3 Å². The summed E-state index contributed by atoms with van der Waals surface area (Å²) in [6, 6.07) is 4.37. The number of carbonyl (C=O) groups excluding carboxylic acids is 1. The maximum absolute atomic E-state index is 12.6. The van der Waals surface area contributed by atoms with Crippen molar-refractivity contribution in [3.8, 4) is 5.75 Å². The molecule has 6 nitrogen and oxygen atoms in total. The number of nitrogens with one attached hydrogen (secondary N) is 1. The average molecular weight is 403 g/mol. The number of halogens is 1. The first-order chi connectivity index (χ1) is 12.2. The molecule has 146 valence electrons. The summed E-state index contributed by atoms with van der Waals surface area (Å²) in [7, 11) is -3.40. The Kier molecular flexibility index (Phi) is 7.32. The lowest BCUT2D eigenvalue weighted by molar-refractivity contribution is -0.119. The first-order valence-electron chi connectivity index (χ1n) is 8.97. The van der Waals surface area contributed by atoms with E-state index in [2.05, 4.69) is 5.32 Å². The van der Waals surface area contributed by atoms with Crippen molar-refractivity contribution < 1.29 is 17.9 Å². The van der Waals surface area contributed by atoms with Crippen molar-refractivity contribution in [1.29, 1.82) is 0 Å². The van der Waals surface area contributed by atoms with Crippen LogP contribution in [0.1, 0.15) is 40.0 Å². The topological polar surface area (TPSA) is 75.7 Å². The van der Waals surface area contributed by atoms with Gasteiger partial charge in [-0.2, -0.15) is 4.31 Å². The lowest BCUT2D eigenvalue weighted by atomic mass is 10.2. The second-order valence-electron chi connectivity index (χ2n) is 6.92. The van der Waals surface area contributed by atoms with E-state index in [-0.39, 0.29) is 11.7 Å². The molecule has 0 radical (unpaired) electrons. The number of benzene rings is 1. The van der Waals surface area contributed by atoms with Crippen molar-refractivity contribution in [3.05, 3.63) is 23.2 Å². The Morgan fingerprint density at radius 3 is 2.77 bits per heavy atom. The quantitative estimate of drug-likeness (QED) is 0.721. The second-order valence-corrected chi connectivity index (χ2v) is 9.37. The summed E-state index contributed by atoms with van der Waals surface area (Å²) in [6.07, 6.45) is 1.74. The number of ether oxygens (including phenoxy) is 1. The van der Waals surface area contributed by atoms with Gasteiger partial charge in [0, 0.05) is 12.2 Å². The molecule has 1 aromatic carbocycles. The standard InChI is InChI=1S/C18H27ClN2O4S/c1-4-10-26(23,24)21-9-5-6-16(21)18(22)20-14-7-8-17(15(19)11-14)25-12-13(2)3/h7-8,11,13,16H,4-6,9-10,12H2,1-3H3,(H,20,22). The van der Waals surface area contributed by atoms with Gasteiger partial charge >= 0.3 is 0 Å². The monoisotopic (exact) mass is 402 g/mol. The molecule has 0 spiro atoms. The molecule has 0 aromatic heterocycles. The lowest BCUT2D eigenvalue weighted by Gasteiger charge is -2.23. The molecule has 1 saturated heterocycles. The Balaban J connectivity index is 2.06. The van der Waals surface area contributed by atoms with Gasteiger partial charge in [0.1, 0.15) is 11.8 Å². The summed E-state index contributed by atoms with van der Waals surface area (Å²) < 4.78 is 31.6. The summed E-state index contributed by atoms with van der Waals surface area (Å²) in [4.78, 5) is 12.6. The number of hydrogen-bond acceptors (Lipinski definition) is 4. The zero-order valence-corrected chi connectivity index (χ0v) is 17.1. The van der Waals surface area contributed by atoms with Crippen LogP contribution in [0.2, 0.25) is 5.02 Å². The van der Waals surface area contributed by atoms with Crippen molar-refractivity contribution in [1.82, 2.24) is 4.31 Å². The SMILES string of the molecule is CCCS(=O)(=O)N1CCCC1C(=O)Nc1ccc(OCC(C)C)c(Cl)c1. The minimum absolute atomic E-state index is 0.0600. The number of nitrogens with zero attached hydrogens (tertiary/aromatic N) is 1. The molecule has 1 unspecified atom stereocenters. The first kappa shape index (κ1) is 21.0. The van der Waals surface area contributed by atoms with Gasteiger partial charge in [0.15, 0.2) is 0 Å². The van der Waals surface area contributed by atoms with Crippen molar-refractivity contribution >= 4 is 33.2 Å². The van der Waals surface area contributed by atoms with Crippen LogP contribution >= 0.6 is 11.6 Å². The molecule has 8 heteroatoms. The highest BCUT2D eigenvalue weighted by Gasteiger charge is 2.38. The molecule has 26 heavy (non-hydrogen) atoms. The van der Waals surface area contributed by atoms with E-state index in [9.17, 15) is 13.2 Å². The summed E-state index contributed by atoms with van der Waals surface area (Å²) in [5, 5.41) is 3.18. The van der Waals surface area contributed by atoms with Gasteiger partial charge in [0.05, 0.1) is 17.4 Å². The van der Waals surface area contributed by atoms with E-state index >= 15 is 0 Å². The van der Waals surface area contributed by atoms with Crippen LogP contribution in [0.3, 0.4) is 0 Å². The molecule has 2 rings (SSSR count). The van der Waals surface area contributed by atoms with Crippen molar-refractivity contribution in [2.24, 2.45) is 5.92 Å². The average Bonchev–Trinajstić information content (AvgIpc) is 3.04. The van der Waals surface area contributed by atoms with Gasteiger partial charge in [-0.15, -0.1) is 0 Å². The minimum Gasteiger partial charge on any atom is -0.492 e. The number of sulfonamides is 1. The third-order valence-corrected chi connectivity index (χ3v) is 6.47. The number of anilines is 1. The Hall–Kier alpha value is -1.31. The van der Waals surface area contributed by atoms with E-state index in [0.717, 1.165) is 0 Å². The molecular weight excluding hydrogens is 376 g/mol. The van der Waals surface area contributed by atoms with Crippen LogP contribution in [0, 0.1) is 5.92 Å². The molecule has 1 amide bonds. The van der Waals surface area contributed by atoms with Gasteiger partial charge in [-0.3, -0.25) is 4.79 Å². The third-order valence-electron chi connectivity index (χ3n) is 4.10. The summed E-state index contributed by atoms with van der Waals surface area (Å²) in [5.74, 6) is 0.675. The van der Waals surface area contributed by atoms with Gasteiger partial charge in [-0.25, -0.2) is 8.42 Å². The second kappa shape index (κ2) is 9.06. The molecule has 1 N–H and O–H groups in total. The predicted molar refractivity (Wildman–Crippen MR) is 104 cm³/mol. The van der Waals surface area contributed by atoms with Gasteiger partial charge in [-0.05, 0) is 43.4 Å². The Labute approximate surface area is 160 Å². The first-order valence-corrected chi connectivity index (χ1v) is 11.0. The maximum atomic E-state index is 12.6. The van der Waals surface area contributed by atoms with E-state index in [0.29, 0.717) is 54.8 Å². The zero-order chi connectivity index (χ0) is 19.3. The summed E-state index contributed by atoms with van der Waals surface area (Å²) in [6.45, 7) is 6.85. The highest BCUT2D eigenvalue weighted by molar-refractivity contribution is 7.89. The van der Waals surface area contributed by atoms with E-state index in [1.165, 1.54) is 4.31 Å². The van der Waals surface area contributed by atoms with Crippen LogP contribution < -0.4 is 10.1 Å². The van der Waals surface area contributed by atoms with Crippen LogP contribution in [0.15, 0.2) is 18.2 Å². The smallest absolute Gasteiger partial charge is 0.242 e. The molecule has 0 aliphatic carbocycles.